The summed E-state index contributed by atoms with van der Waals surface area (Å²) in [5.41, 5.74) is 0. The molecule has 0 aliphatic heterocycles. The van der Waals surface area contributed by atoms with E-state index in [1.807, 2.05) is 12.2 Å². The van der Waals surface area contributed by atoms with Crippen molar-refractivity contribution in [1.82, 2.24) is 0 Å². The highest BCUT2D eigenvalue weighted by molar-refractivity contribution is 7.46. The second-order valence-corrected chi connectivity index (χ2v) is 13.8. The summed E-state index contributed by atoms with van der Waals surface area (Å²) in [6.07, 6.45) is 29.2. The highest BCUT2D eigenvalue weighted by Gasteiger charge is 2.23. The van der Waals surface area contributed by atoms with E-state index >= 15 is 0 Å². The number of carbonyl (C=O) groups is 2. The monoisotopic (exact) mass is 672 g/mol. The summed E-state index contributed by atoms with van der Waals surface area (Å²) in [4.78, 5) is 42.5. The third-order valence-corrected chi connectivity index (χ3v) is 7.93. The Balaban J connectivity index is 4.22. The Morgan fingerprint density at radius 3 is 2.02 bits per heavy atom. The van der Waals surface area contributed by atoms with Gasteiger partial charge in [-0.15, -0.1) is 0 Å². The van der Waals surface area contributed by atoms with Crippen LogP contribution in [0.2, 0.25) is 0 Å². The number of unbranched alkanes of at least 4 members (excludes halogenated alkanes) is 12. The standard InChI is InChI=1S/C36H65O9P/c1-4-5-6-7-8-9-10-11-12-13-16-19-22-26-33(37)27-24-29-36(39)45-34(31-44-46(40,41)42)30-43-35(38)28-23-20-17-14-15-18-21-25-32(2)3/h11-12,16,19,22,26,32-34,37H,4-10,13-15,17-18,20-21,23-25,27-31H2,1-3H3,(H2,40,41,42)/b12-11+,19-16+,26-22+/t33?,34-/m1/s1. The second-order valence-electron chi connectivity index (χ2n) is 12.5. The molecule has 1 unspecified atom stereocenters. The molecule has 0 aliphatic carbocycles. The van der Waals surface area contributed by atoms with Crippen LogP contribution in [0, 0.1) is 5.92 Å². The van der Waals surface area contributed by atoms with E-state index in [0.717, 1.165) is 38.0 Å². The summed E-state index contributed by atoms with van der Waals surface area (Å²) < 4.78 is 26.1. The Kier molecular flexibility index (Phi) is 29.4. The fraction of sp³-hybridized carbons (Fsp3) is 0.778. The number of phosphoric acid groups is 1. The van der Waals surface area contributed by atoms with Gasteiger partial charge in [-0.1, -0.05) is 134 Å². The summed E-state index contributed by atoms with van der Waals surface area (Å²) >= 11 is 0. The van der Waals surface area contributed by atoms with Gasteiger partial charge in [-0.25, -0.2) is 4.57 Å². The SMILES string of the molecule is CCCCCCCC/C=C/C/C=C/C=C/C(O)CCCC(=O)O[C@H](COC(=O)CCCCCCCCCC(C)C)COP(=O)(O)O. The molecule has 268 valence electrons. The molecule has 46 heavy (non-hydrogen) atoms. The molecule has 0 bridgehead atoms. The topological polar surface area (TPSA) is 140 Å². The summed E-state index contributed by atoms with van der Waals surface area (Å²) in [5, 5.41) is 10.2. The van der Waals surface area contributed by atoms with E-state index < -0.39 is 38.6 Å². The minimum atomic E-state index is -4.80. The number of hydrogen-bond donors (Lipinski definition) is 3. The van der Waals surface area contributed by atoms with Gasteiger partial charge in [-0.3, -0.25) is 14.1 Å². The van der Waals surface area contributed by atoms with Crippen LogP contribution < -0.4 is 0 Å². The van der Waals surface area contributed by atoms with Crippen molar-refractivity contribution in [2.45, 2.75) is 161 Å². The summed E-state index contributed by atoms with van der Waals surface area (Å²) in [6.45, 7) is 5.74. The number of allylic oxidation sites excluding steroid dienone is 5. The molecule has 0 saturated heterocycles. The van der Waals surface area contributed by atoms with E-state index in [4.69, 9.17) is 19.3 Å². The molecule has 10 heteroatoms. The zero-order valence-electron chi connectivity index (χ0n) is 29.0. The van der Waals surface area contributed by atoms with Crippen LogP contribution in [0.4, 0.5) is 0 Å². The Morgan fingerprint density at radius 1 is 0.717 bits per heavy atom. The van der Waals surface area contributed by atoms with Crippen molar-refractivity contribution in [1.29, 1.82) is 0 Å². The van der Waals surface area contributed by atoms with Gasteiger partial charge in [0, 0.05) is 12.8 Å². The van der Waals surface area contributed by atoms with E-state index in [2.05, 4.69) is 37.4 Å². The molecular formula is C36H65O9P. The van der Waals surface area contributed by atoms with Crippen LogP contribution in [0.3, 0.4) is 0 Å². The highest BCUT2D eigenvalue weighted by atomic mass is 31.2. The molecule has 0 aromatic heterocycles. The van der Waals surface area contributed by atoms with E-state index in [9.17, 15) is 19.3 Å². The van der Waals surface area contributed by atoms with Crippen LogP contribution in [-0.2, 0) is 28.2 Å². The van der Waals surface area contributed by atoms with Crippen molar-refractivity contribution in [2.75, 3.05) is 13.2 Å². The van der Waals surface area contributed by atoms with E-state index in [0.29, 0.717) is 19.3 Å². The Morgan fingerprint density at radius 2 is 1.35 bits per heavy atom. The van der Waals surface area contributed by atoms with Crippen molar-refractivity contribution >= 4 is 19.8 Å². The maximum Gasteiger partial charge on any atom is 0.469 e. The third kappa shape index (κ3) is 33.6. The predicted molar refractivity (Wildman–Crippen MR) is 185 cm³/mol. The number of ether oxygens (including phenoxy) is 2. The van der Waals surface area contributed by atoms with Crippen molar-refractivity contribution in [3.8, 4) is 0 Å². The van der Waals surface area contributed by atoms with Gasteiger partial charge in [0.25, 0.3) is 0 Å². The maximum atomic E-state index is 12.3. The normalized spacial score (nSPS) is 13.7. The zero-order chi connectivity index (χ0) is 34.3. The van der Waals surface area contributed by atoms with Gasteiger partial charge in [-0.05, 0) is 44.4 Å². The van der Waals surface area contributed by atoms with Crippen molar-refractivity contribution in [3.63, 3.8) is 0 Å². The van der Waals surface area contributed by atoms with Gasteiger partial charge in [0.15, 0.2) is 6.10 Å². The van der Waals surface area contributed by atoms with Gasteiger partial charge in [0.05, 0.1) is 12.7 Å². The molecule has 9 nitrogen and oxygen atoms in total. The molecule has 0 amide bonds. The Labute approximate surface area is 279 Å². The summed E-state index contributed by atoms with van der Waals surface area (Å²) in [6, 6.07) is 0. The van der Waals surface area contributed by atoms with Gasteiger partial charge in [0.1, 0.15) is 6.61 Å². The van der Waals surface area contributed by atoms with Gasteiger partial charge >= 0.3 is 19.8 Å². The summed E-state index contributed by atoms with van der Waals surface area (Å²) in [5.74, 6) is -0.343. The molecule has 0 spiro atoms. The smallest absolute Gasteiger partial charge is 0.462 e. The molecule has 0 aliphatic rings. The maximum absolute atomic E-state index is 12.3. The molecule has 2 atom stereocenters. The molecule has 3 N–H and O–H groups in total. The van der Waals surface area contributed by atoms with Crippen LogP contribution in [-0.4, -0.2) is 52.3 Å². The third-order valence-electron chi connectivity index (χ3n) is 7.44. The fourth-order valence-electron chi connectivity index (χ4n) is 4.74. The van der Waals surface area contributed by atoms with Gasteiger partial charge in [0.2, 0.25) is 0 Å². The van der Waals surface area contributed by atoms with Crippen LogP contribution >= 0.6 is 7.82 Å². The average Bonchev–Trinajstić information content (AvgIpc) is 2.99. The van der Waals surface area contributed by atoms with Crippen molar-refractivity contribution in [3.05, 3.63) is 36.5 Å². The average molecular weight is 673 g/mol. The van der Waals surface area contributed by atoms with Crippen LogP contribution in [0.25, 0.3) is 0 Å². The first-order valence-corrected chi connectivity index (χ1v) is 19.3. The van der Waals surface area contributed by atoms with Crippen molar-refractivity contribution < 1.29 is 43.0 Å². The number of esters is 2. The molecule has 0 aromatic rings. The molecule has 0 radical (unpaired) electrons. The number of rotatable bonds is 31. The van der Waals surface area contributed by atoms with Gasteiger partial charge < -0.3 is 24.4 Å². The minimum Gasteiger partial charge on any atom is -0.462 e. The van der Waals surface area contributed by atoms with Crippen LogP contribution in [0.5, 0.6) is 0 Å². The van der Waals surface area contributed by atoms with Crippen LogP contribution in [0.15, 0.2) is 36.5 Å². The first kappa shape index (κ1) is 44.2. The Bertz CT molecular complexity index is 879. The number of hydrogen-bond acceptors (Lipinski definition) is 7. The highest BCUT2D eigenvalue weighted by Crippen LogP contribution is 2.36. The summed E-state index contributed by atoms with van der Waals surface area (Å²) in [7, 11) is -4.80. The molecule has 0 heterocycles. The molecular weight excluding hydrogens is 607 g/mol. The van der Waals surface area contributed by atoms with E-state index in [-0.39, 0.29) is 19.4 Å². The fourth-order valence-corrected chi connectivity index (χ4v) is 5.10. The van der Waals surface area contributed by atoms with Crippen molar-refractivity contribution in [2.24, 2.45) is 5.92 Å². The minimum absolute atomic E-state index is 0.0119. The second kappa shape index (κ2) is 30.6. The molecule has 0 rings (SSSR count). The quantitative estimate of drug-likeness (QED) is 0.0216. The number of aliphatic hydroxyl groups excluding tert-OH is 1. The predicted octanol–water partition coefficient (Wildman–Crippen LogP) is 9.06. The lowest BCUT2D eigenvalue weighted by Crippen LogP contribution is -2.29. The molecule has 0 aromatic carbocycles. The number of aliphatic hydroxyl groups is 1. The number of carbonyl (C=O) groups excluding carboxylic acids is 2. The lowest BCUT2D eigenvalue weighted by Gasteiger charge is -2.18. The largest absolute Gasteiger partial charge is 0.469 e. The van der Waals surface area contributed by atoms with Crippen LogP contribution in [0.1, 0.15) is 149 Å². The van der Waals surface area contributed by atoms with E-state index in [1.54, 1.807) is 12.2 Å². The molecule has 0 saturated carbocycles. The molecule has 0 fully saturated rings. The first-order chi connectivity index (χ1) is 22.0. The first-order valence-electron chi connectivity index (χ1n) is 17.7. The lowest BCUT2D eigenvalue weighted by molar-refractivity contribution is -0.161. The Hall–Kier alpha value is -1.77. The van der Waals surface area contributed by atoms with Gasteiger partial charge in [-0.2, -0.15) is 0 Å². The van der Waals surface area contributed by atoms with E-state index in [1.165, 1.54) is 64.2 Å². The lowest BCUT2D eigenvalue weighted by atomic mass is 10.0. The number of phosphoric ester groups is 1. The zero-order valence-corrected chi connectivity index (χ0v) is 29.9.